The molecule has 0 aromatic heterocycles. The van der Waals surface area contributed by atoms with E-state index in [4.69, 9.17) is 0 Å². The van der Waals surface area contributed by atoms with Crippen LogP contribution in [0.5, 0.6) is 0 Å². The zero-order valence-electron chi connectivity index (χ0n) is 12.0. The van der Waals surface area contributed by atoms with Gasteiger partial charge in [-0.3, -0.25) is 4.79 Å². The summed E-state index contributed by atoms with van der Waals surface area (Å²) >= 11 is 0. The van der Waals surface area contributed by atoms with E-state index in [9.17, 15) is 4.79 Å². The average Bonchev–Trinajstić information content (AvgIpc) is 2.86. The van der Waals surface area contributed by atoms with Crippen molar-refractivity contribution in [3.63, 3.8) is 0 Å². The summed E-state index contributed by atoms with van der Waals surface area (Å²) < 4.78 is 0. The van der Waals surface area contributed by atoms with Crippen molar-refractivity contribution in [2.75, 3.05) is 33.7 Å². The molecule has 0 aliphatic carbocycles. The Bertz CT molecular complexity index is 402. The number of amides is 1. The minimum absolute atomic E-state index is 0.276. The normalized spacial score (nSPS) is 19.1. The van der Waals surface area contributed by atoms with Crippen LogP contribution in [-0.4, -0.2) is 49.4 Å². The molecule has 1 saturated heterocycles. The summed E-state index contributed by atoms with van der Waals surface area (Å²) in [5.74, 6) is 0.959. The van der Waals surface area contributed by atoms with Crippen LogP contribution in [0, 0.1) is 5.92 Å². The second-order valence-electron chi connectivity index (χ2n) is 5.75. The van der Waals surface area contributed by atoms with Gasteiger partial charge in [-0.15, -0.1) is 0 Å². The van der Waals surface area contributed by atoms with Gasteiger partial charge in [0.15, 0.2) is 0 Å². The van der Waals surface area contributed by atoms with Crippen molar-refractivity contribution in [1.82, 2.24) is 9.80 Å². The van der Waals surface area contributed by atoms with E-state index in [0.29, 0.717) is 12.3 Å². The lowest BCUT2D eigenvalue weighted by molar-refractivity contribution is -0.129. The number of nitrogens with zero attached hydrogens (tertiary/aromatic N) is 2. The minimum Gasteiger partial charge on any atom is -0.342 e. The highest BCUT2D eigenvalue weighted by Gasteiger charge is 2.25. The molecule has 0 radical (unpaired) electrons. The van der Waals surface area contributed by atoms with Gasteiger partial charge in [0.05, 0.1) is 6.42 Å². The molecule has 1 heterocycles. The van der Waals surface area contributed by atoms with Crippen molar-refractivity contribution in [1.29, 1.82) is 0 Å². The van der Waals surface area contributed by atoms with Crippen LogP contribution >= 0.6 is 0 Å². The van der Waals surface area contributed by atoms with Crippen molar-refractivity contribution in [2.24, 2.45) is 5.92 Å². The molecule has 1 fully saturated rings. The van der Waals surface area contributed by atoms with Gasteiger partial charge in [0.25, 0.3) is 0 Å². The van der Waals surface area contributed by atoms with Crippen molar-refractivity contribution >= 4 is 5.91 Å². The minimum atomic E-state index is 0.276. The van der Waals surface area contributed by atoms with Crippen LogP contribution in [0.1, 0.15) is 18.4 Å². The fourth-order valence-corrected chi connectivity index (χ4v) is 2.62. The predicted molar refractivity (Wildman–Crippen MR) is 78.0 cm³/mol. The first-order valence-corrected chi connectivity index (χ1v) is 7.11. The van der Waals surface area contributed by atoms with Crippen LogP contribution in [0.25, 0.3) is 0 Å². The molecule has 1 aliphatic heterocycles. The topological polar surface area (TPSA) is 23.6 Å². The molecule has 1 amide bonds. The molecule has 2 rings (SSSR count). The van der Waals surface area contributed by atoms with Crippen LogP contribution in [0.2, 0.25) is 0 Å². The van der Waals surface area contributed by atoms with Gasteiger partial charge in [0.2, 0.25) is 5.91 Å². The zero-order chi connectivity index (χ0) is 13.7. The molecule has 1 aromatic carbocycles. The molecule has 0 saturated carbocycles. The Kier molecular flexibility index (Phi) is 4.97. The number of likely N-dealkylation sites (tertiary alicyclic amines) is 1. The average molecular weight is 260 g/mol. The smallest absolute Gasteiger partial charge is 0.226 e. The van der Waals surface area contributed by atoms with Crippen molar-refractivity contribution < 1.29 is 4.79 Å². The quantitative estimate of drug-likeness (QED) is 0.809. The molecule has 3 nitrogen and oxygen atoms in total. The Labute approximate surface area is 116 Å². The highest BCUT2D eigenvalue weighted by atomic mass is 16.2. The lowest BCUT2D eigenvalue weighted by Crippen LogP contribution is -2.30. The van der Waals surface area contributed by atoms with E-state index >= 15 is 0 Å². The van der Waals surface area contributed by atoms with Gasteiger partial charge in [-0.25, -0.2) is 0 Å². The first-order chi connectivity index (χ1) is 9.15. The fraction of sp³-hybridized carbons (Fsp3) is 0.562. The molecule has 0 N–H and O–H groups in total. The van der Waals surface area contributed by atoms with E-state index in [1.807, 2.05) is 35.2 Å². The Morgan fingerprint density at radius 2 is 2.05 bits per heavy atom. The summed E-state index contributed by atoms with van der Waals surface area (Å²) in [5.41, 5.74) is 1.12. The maximum absolute atomic E-state index is 12.2. The number of benzene rings is 1. The van der Waals surface area contributed by atoms with Crippen molar-refractivity contribution in [3.8, 4) is 0 Å². The summed E-state index contributed by atoms with van der Waals surface area (Å²) in [5, 5.41) is 0. The summed E-state index contributed by atoms with van der Waals surface area (Å²) in [6.45, 7) is 2.99. The molecule has 104 valence electrons. The number of hydrogen-bond acceptors (Lipinski definition) is 2. The summed E-state index contributed by atoms with van der Waals surface area (Å²) in [6, 6.07) is 10.0. The molecule has 0 spiro atoms. The lowest BCUT2D eigenvalue weighted by Gasteiger charge is -2.17. The molecule has 1 aliphatic rings. The number of hydrogen-bond donors (Lipinski definition) is 0. The maximum Gasteiger partial charge on any atom is 0.226 e. The largest absolute Gasteiger partial charge is 0.342 e. The highest BCUT2D eigenvalue weighted by Crippen LogP contribution is 2.20. The zero-order valence-corrected chi connectivity index (χ0v) is 12.0. The van der Waals surface area contributed by atoms with E-state index in [0.717, 1.165) is 31.6 Å². The van der Waals surface area contributed by atoms with Crippen LogP contribution < -0.4 is 0 Å². The third kappa shape index (κ3) is 4.35. The van der Waals surface area contributed by atoms with Crippen LogP contribution in [0.3, 0.4) is 0 Å². The van der Waals surface area contributed by atoms with Crippen LogP contribution in [-0.2, 0) is 11.2 Å². The Morgan fingerprint density at radius 1 is 1.32 bits per heavy atom. The summed E-state index contributed by atoms with van der Waals surface area (Å²) in [7, 11) is 4.21. The number of rotatable bonds is 5. The van der Waals surface area contributed by atoms with E-state index in [-0.39, 0.29) is 5.91 Å². The number of carbonyl (C=O) groups excluding carboxylic acids is 1. The predicted octanol–water partition coefficient (Wildman–Crippen LogP) is 2.03. The molecule has 0 bridgehead atoms. The van der Waals surface area contributed by atoms with E-state index < -0.39 is 0 Å². The van der Waals surface area contributed by atoms with Gasteiger partial charge < -0.3 is 9.80 Å². The summed E-state index contributed by atoms with van der Waals surface area (Å²) in [6.07, 6.45) is 2.90. The van der Waals surface area contributed by atoms with Crippen molar-refractivity contribution in [3.05, 3.63) is 35.9 Å². The maximum atomic E-state index is 12.2. The molecule has 1 aromatic rings. The molecular formula is C16H24N2O. The van der Waals surface area contributed by atoms with Gasteiger partial charge in [-0.05, 0) is 45.0 Å². The molecule has 19 heavy (non-hydrogen) atoms. The monoisotopic (exact) mass is 260 g/mol. The van der Waals surface area contributed by atoms with Gasteiger partial charge in [-0.1, -0.05) is 30.3 Å². The molecular weight excluding hydrogens is 236 g/mol. The van der Waals surface area contributed by atoms with Gasteiger partial charge in [0.1, 0.15) is 0 Å². The molecule has 3 heteroatoms. The molecule has 1 unspecified atom stereocenters. The first kappa shape index (κ1) is 14.1. The SMILES string of the molecule is CN(C)CCC1CCN(C(=O)Cc2ccccc2)C1. The second-order valence-corrected chi connectivity index (χ2v) is 5.75. The second kappa shape index (κ2) is 6.71. The standard InChI is InChI=1S/C16H24N2O/c1-17(2)10-8-15-9-11-18(13-15)16(19)12-14-6-4-3-5-7-14/h3-7,15H,8-13H2,1-2H3. The van der Waals surface area contributed by atoms with Crippen molar-refractivity contribution in [2.45, 2.75) is 19.3 Å². The third-order valence-electron chi connectivity index (χ3n) is 3.82. The van der Waals surface area contributed by atoms with Gasteiger partial charge >= 0.3 is 0 Å². The van der Waals surface area contributed by atoms with E-state index in [1.54, 1.807) is 0 Å². The fourth-order valence-electron chi connectivity index (χ4n) is 2.62. The third-order valence-corrected chi connectivity index (χ3v) is 3.82. The molecule has 1 atom stereocenters. The first-order valence-electron chi connectivity index (χ1n) is 7.11. The Balaban J connectivity index is 1.79. The summed E-state index contributed by atoms with van der Waals surface area (Å²) in [4.78, 5) is 16.5. The Morgan fingerprint density at radius 3 is 2.74 bits per heavy atom. The van der Waals surface area contributed by atoms with Gasteiger partial charge in [-0.2, -0.15) is 0 Å². The van der Waals surface area contributed by atoms with Crippen LogP contribution in [0.4, 0.5) is 0 Å². The van der Waals surface area contributed by atoms with Crippen LogP contribution in [0.15, 0.2) is 30.3 Å². The van der Waals surface area contributed by atoms with E-state index in [1.165, 1.54) is 6.42 Å². The van der Waals surface area contributed by atoms with Gasteiger partial charge in [0, 0.05) is 13.1 Å². The highest BCUT2D eigenvalue weighted by molar-refractivity contribution is 5.79. The lowest BCUT2D eigenvalue weighted by atomic mass is 10.1. The van der Waals surface area contributed by atoms with E-state index in [2.05, 4.69) is 19.0 Å². The Hall–Kier alpha value is -1.35. The number of carbonyl (C=O) groups is 1.